The van der Waals surface area contributed by atoms with Crippen molar-refractivity contribution in [3.8, 4) is 11.5 Å². The van der Waals surface area contributed by atoms with Crippen molar-refractivity contribution in [2.75, 3.05) is 4.90 Å². The molecule has 0 spiro atoms. The van der Waals surface area contributed by atoms with Crippen LogP contribution < -0.4 is 19.7 Å². The van der Waals surface area contributed by atoms with Crippen LogP contribution in [-0.4, -0.2) is 22.8 Å². The highest BCUT2D eigenvalue weighted by Crippen LogP contribution is 2.30. The van der Waals surface area contributed by atoms with Crippen LogP contribution in [0.3, 0.4) is 0 Å². The first-order chi connectivity index (χ1) is 21.1. The van der Waals surface area contributed by atoms with E-state index < -0.39 is 22.8 Å². The minimum absolute atomic E-state index is 0.0427. The van der Waals surface area contributed by atoms with Gasteiger partial charge in [0.2, 0.25) is 0 Å². The molecule has 0 aliphatic carbocycles. The quantitative estimate of drug-likeness (QED) is 0.0831. The average molecular weight is 697 g/mol. The number of hydrogen-bond donors (Lipinski definition) is 1. The Bertz CT molecular complexity index is 1830. The molecule has 0 saturated carbocycles. The molecule has 1 aliphatic rings. The van der Waals surface area contributed by atoms with E-state index in [1.54, 1.807) is 60.7 Å². The van der Waals surface area contributed by atoms with Gasteiger partial charge in [-0.25, -0.2) is 9.69 Å². The minimum Gasteiger partial charge on any atom is -0.489 e. The summed E-state index contributed by atoms with van der Waals surface area (Å²) in [5.74, 6) is -0.731. The standard InChI is InChI=1S/C31H20BrCl2N3O7/c32-26-14-18(4-11-28(26)44-16-19-2-1-3-23(12-19)37(41)42)13-25-29(38)35-31(40)36(30(25)39)22-7-9-24(10-8-22)43-17-20-5-6-21(33)15-27(20)34/h1-15H,16-17H2,(H,35,38,40)/b25-13+. The van der Waals surface area contributed by atoms with Crippen LogP contribution in [0.1, 0.15) is 16.7 Å². The summed E-state index contributed by atoms with van der Waals surface area (Å²) in [6.07, 6.45) is 1.36. The molecule has 222 valence electrons. The molecule has 0 radical (unpaired) electrons. The van der Waals surface area contributed by atoms with Crippen LogP contribution in [0.25, 0.3) is 6.08 Å². The molecule has 0 aromatic heterocycles. The van der Waals surface area contributed by atoms with Crippen molar-refractivity contribution >= 4 is 74.4 Å². The van der Waals surface area contributed by atoms with Crippen LogP contribution in [0.5, 0.6) is 11.5 Å². The van der Waals surface area contributed by atoms with Crippen LogP contribution in [0, 0.1) is 10.1 Å². The Labute approximate surface area is 269 Å². The SMILES string of the molecule is O=C1NC(=O)N(c2ccc(OCc3ccc(Cl)cc3Cl)cc2)C(=O)/C1=C/c1ccc(OCc2cccc([N+](=O)[O-])c2)c(Br)c1. The average Bonchev–Trinajstić information content (AvgIpc) is 2.99. The van der Waals surface area contributed by atoms with E-state index >= 15 is 0 Å². The van der Waals surface area contributed by atoms with Crippen LogP contribution in [0.2, 0.25) is 10.0 Å². The third kappa shape index (κ3) is 7.08. The molecule has 1 fully saturated rings. The van der Waals surface area contributed by atoms with Crippen molar-refractivity contribution in [3.63, 3.8) is 0 Å². The number of imide groups is 2. The number of nitrogens with zero attached hydrogens (tertiary/aromatic N) is 2. The molecule has 44 heavy (non-hydrogen) atoms. The Morgan fingerprint density at radius 2 is 1.68 bits per heavy atom. The van der Waals surface area contributed by atoms with Crippen LogP contribution in [0.15, 0.2) is 95.0 Å². The lowest BCUT2D eigenvalue weighted by Gasteiger charge is -2.26. The maximum Gasteiger partial charge on any atom is 0.335 e. The van der Waals surface area contributed by atoms with Crippen LogP contribution in [0.4, 0.5) is 16.2 Å². The molecule has 13 heteroatoms. The molecule has 0 bridgehead atoms. The largest absolute Gasteiger partial charge is 0.489 e. The lowest BCUT2D eigenvalue weighted by molar-refractivity contribution is -0.384. The van der Waals surface area contributed by atoms with Gasteiger partial charge in [-0.1, -0.05) is 47.5 Å². The molecule has 0 unspecified atom stereocenters. The van der Waals surface area contributed by atoms with E-state index in [9.17, 15) is 24.5 Å². The van der Waals surface area contributed by atoms with E-state index in [1.807, 2.05) is 0 Å². The van der Waals surface area contributed by atoms with Crippen LogP contribution >= 0.6 is 39.1 Å². The van der Waals surface area contributed by atoms with Gasteiger partial charge in [-0.3, -0.25) is 25.0 Å². The number of carbonyl (C=O) groups excluding carboxylic acids is 3. The number of ether oxygens (including phenoxy) is 2. The van der Waals surface area contributed by atoms with Crippen molar-refractivity contribution < 1.29 is 28.8 Å². The highest BCUT2D eigenvalue weighted by molar-refractivity contribution is 9.10. The van der Waals surface area contributed by atoms with E-state index in [2.05, 4.69) is 21.2 Å². The summed E-state index contributed by atoms with van der Waals surface area (Å²) in [4.78, 5) is 50.0. The van der Waals surface area contributed by atoms with Crippen molar-refractivity contribution in [3.05, 3.63) is 132 Å². The molecule has 1 aliphatic heterocycles. The maximum absolute atomic E-state index is 13.3. The normalized spacial score (nSPS) is 14.0. The molecule has 4 aromatic rings. The summed E-state index contributed by atoms with van der Waals surface area (Å²) >= 11 is 15.5. The minimum atomic E-state index is -0.884. The molecule has 0 atom stereocenters. The second-order valence-corrected chi connectivity index (χ2v) is 11.1. The summed E-state index contributed by atoms with van der Waals surface area (Å²) < 4.78 is 12.1. The second-order valence-electron chi connectivity index (χ2n) is 9.38. The fourth-order valence-corrected chi connectivity index (χ4v) is 5.17. The number of anilines is 1. The van der Waals surface area contributed by atoms with E-state index in [0.717, 1.165) is 10.5 Å². The maximum atomic E-state index is 13.3. The number of urea groups is 1. The second kappa shape index (κ2) is 13.3. The predicted octanol–water partition coefficient (Wildman–Crippen LogP) is 7.49. The number of hydrogen-bond acceptors (Lipinski definition) is 7. The van der Waals surface area contributed by atoms with Gasteiger partial charge in [-0.05, 0) is 81.7 Å². The Balaban J connectivity index is 1.28. The first kappa shape index (κ1) is 30.7. The molecular formula is C31H20BrCl2N3O7. The Morgan fingerprint density at radius 3 is 2.39 bits per heavy atom. The van der Waals surface area contributed by atoms with Crippen molar-refractivity contribution in [2.45, 2.75) is 13.2 Å². The molecule has 1 saturated heterocycles. The van der Waals surface area contributed by atoms with Gasteiger partial charge in [0.15, 0.2) is 0 Å². The monoisotopic (exact) mass is 695 g/mol. The van der Waals surface area contributed by atoms with Gasteiger partial charge in [-0.2, -0.15) is 0 Å². The van der Waals surface area contributed by atoms with Crippen LogP contribution in [-0.2, 0) is 22.8 Å². The molecule has 10 nitrogen and oxygen atoms in total. The van der Waals surface area contributed by atoms with Crippen molar-refractivity contribution in [2.24, 2.45) is 0 Å². The molecule has 1 N–H and O–H groups in total. The number of barbiturate groups is 1. The number of nitro groups is 1. The number of nitro benzene ring substituents is 1. The number of nitrogens with one attached hydrogen (secondary N) is 1. The zero-order chi connectivity index (χ0) is 31.4. The van der Waals surface area contributed by atoms with Gasteiger partial charge in [0.05, 0.1) is 15.1 Å². The predicted molar refractivity (Wildman–Crippen MR) is 168 cm³/mol. The van der Waals surface area contributed by atoms with Gasteiger partial charge >= 0.3 is 6.03 Å². The Morgan fingerprint density at radius 1 is 0.909 bits per heavy atom. The summed E-state index contributed by atoms with van der Waals surface area (Å²) in [5.41, 5.74) is 1.76. The zero-order valence-electron chi connectivity index (χ0n) is 22.5. The highest BCUT2D eigenvalue weighted by atomic mass is 79.9. The molecule has 4 amide bonds. The number of amides is 4. The Hall–Kier alpha value is -4.71. The summed E-state index contributed by atoms with van der Waals surface area (Å²) in [6, 6.07) is 21.4. The lowest BCUT2D eigenvalue weighted by atomic mass is 10.1. The van der Waals surface area contributed by atoms with Crippen molar-refractivity contribution in [1.29, 1.82) is 0 Å². The van der Waals surface area contributed by atoms with Gasteiger partial charge in [0, 0.05) is 27.7 Å². The molecule has 5 rings (SSSR count). The van der Waals surface area contributed by atoms with Crippen molar-refractivity contribution in [1.82, 2.24) is 5.32 Å². The Kier molecular flexibility index (Phi) is 9.29. The number of benzene rings is 4. The van der Waals surface area contributed by atoms with E-state index in [0.29, 0.717) is 37.1 Å². The first-order valence-corrected chi connectivity index (χ1v) is 14.4. The molecule has 1 heterocycles. The van der Waals surface area contributed by atoms with E-state index in [1.165, 1.54) is 30.3 Å². The smallest absolute Gasteiger partial charge is 0.335 e. The topological polar surface area (TPSA) is 128 Å². The fraction of sp³-hybridized carbons (Fsp3) is 0.0645. The summed E-state index contributed by atoms with van der Waals surface area (Å²) in [6.45, 7) is 0.255. The van der Waals surface area contributed by atoms with Gasteiger partial charge < -0.3 is 9.47 Å². The summed E-state index contributed by atoms with van der Waals surface area (Å²) in [5, 5.41) is 14.2. The third-order valence-electron chi connectivity index (χ3n) is 6.39. The summed E-state index contributed by atoms with van der Waals surface area (Å²) in [7, 11) is 0. The third-order valence-corrected chi connectivity index (χ3v) is 7.60. The number of non-ortho nitro benzene ring substituents is 1. The van der Waals surface area contributed by atoms with Gasteiger partial charge in [0.1, 0.15) is 30.3 Å². The number of carbonyl (C=O) groups is 3. The highest BCUT2D eigenvalue weighted by Gasteiger charge is 2.36. The van der Waals surface area contributed by atoms with E-state index in [4.69, 9.17) is 32.7 Å². The van der Waals surface area contributed by atoms with Gasteiger partial charge in [0.25, 0.3) is 17.5 Å². The van der Waals surface area contributed by atoms with E-state index in [-0.39, 0.29) is 30.2 Å². The number of halogens is 3. The molecular weight excluding hydrogens is 677 g/mol. The zero-order valence-corrected chi connectivity index (χ0v) is 25.6. The number of rotatable bonds is 9. The molecule has 4 aromatic carbocycles. The lowest BCUT2D eigenvalue weighted by Crippen LogP contribution is -2.54. The fourth-order valence-electron chi connectivity index (χ4n) is 4.19. The van der Waals surface area contributed by atoms with Gasteiger partial charge in [-0.15, -0.1) is 0 Å². The first-order valence-electron chi connectivity index (χ1n) is 12.8.